The molecule has 2 aliphatic rings. The fourth-order valence-corrected chi connectivity index (χ4v) is 4.51. The molecule has 0 aliphatic carbocycles. The molecular weight excluding hydrogens is 532 g/mol. The molecule has 0 radical (unpaired) electrons. The maximum atomic E-state index is 12.8. The van der Waals surface area contributed by atoms with Crippen LogP contribution in [0.4, 0.5) is 16.2 Å². The number of carbonyl (C=O) groups excluding carboxylic acids is 2. The molecule has 2 amide bonds. The van der Waals surface area contributed by atoms with Crippen molar-refractivity contribution in [2.45, 2.75) is 31.9 Å². The molecule has 2 aliphatic heterocycles. The fraction of sp³-hybridized carbons (Fsp3) is 0.393. The second kappa shape index (κ2) is 14.0. The molecule has 0 saturated carbocycles. The summed E-state index contributed by atoms with van der Waals surface area (Å²) >= 11 is 0. The number of piperazine rings is 1. The van der Waals surface area contributed by atoms with Crippen molar-refractivity contribution in [1.29, 1.82) is 0 Å². The van der Waals surface area contributed by atoms with E-state index < -0.39 is 24.1 Å². The summed E-state index contributed by atoms with van der Waals surface area (Å²) in [6.45, 7) is 3.79. The largest absolute Gasteiger partial charge is 0.480 e. The molecule has 0 spiro atoms. The molecule has 13 nitrogen and oxygen atoms in total. The highest BCUT2D eigenvalue weighted by Crippen LogP contribution is 2.21. The van der Waals surface area contributed by atoms with Crippen LogP contribution < -0.4 is 20.9 Å². The average Bonchev–Trinajstić information content (AvgIpc) is 2.99. The van der Waals surface area contributed by atoms with Crippen molar-refractivity contribution < 1.29 is 34.1 Å². The number of nitrogens with one attached hydrogen (secondary N) is 3. The van der Waals surface area contributed by atoms with E-state index in [1.807, 2.05) is 24.3 Å². The molecule has 0 aromatic heterocycles. The minimum atomic E-state index is -1.29. The molecule has 4 rings (SSSR count). The second-order valence-electron chi connectivity index (χ2n) is 9.71. The summed E-state index contributed by atoms with van der Waals surface area (Å²) in [6.07, 6.45) is -0.0448. The van der Waals surface area contributed by atoms with Crippen molar-refractivity contribution in [3.8, 4) is 0 Å². The van der Waals surface area contributed by atoms with Crippen LogP contribution in [0.3, 0.4) is 0 Å². The zero-order valence-electron chi connectivity index (χ0n) is 22.5. The van der Waals surface area contributed by atoms with Crippen molar-refractivity contribution in [1.82, 2.24) is 15.5 Å². The average molecular weight is 567 g/mol. The minimum absolute atomic E-state index is 0.0393. The Bertz CT molecular complexity index is 1270. The first-order valence-electron chi connectivity index (χ1n) is 13.4. The maximum Gasteiger partial charge on any atom is 0.408 e. The van der Waals surface area contributed by atoms with Gasteiger partial charge in [-0.25, -0.2) is 14.4 Å². The van der Waals surface area contributed by atoms with E-state index in [0.29, 0.717) is 31.7 Å². The quantitative estimate of drug-likeness (QED) is 0.286. The highest BCUT2D eigenvalue weighted by Gasteiger charge is 2.26. The minimum Gasteiger partial charge on any atom is -0.480 e. The summed E-state index contributed by atoms with van der Waals surface area (Å²) < 4.78 is 5.06. The lowest BCUT2D eigenvalue weighted by atomic mass is 10.1. The van der Waals surface area contributed by atoms with E-state index in [4.69, 9.17) is 9.84 Å². The Morgan fingerprint density at radius 1 is 1.02 bits per heavy atom. The third kappa shape index (κ3) is 8.59. The van der Waals surface area contributed by atoms with Crippen LogP contribution in [0.25, 0.3) is 0 Å². The van der Waals surface area contributed by atoms with Crippen LogP contribution in [0, 0.1) is 0 Å². The number of aromatic carboxylic acids is 1. The Balaban J connectivity index is 1.20. The number of carboxylic acid groups (broad SMARTS) is 2. The topological polar surface area (TPSA) is 173 Å². The molecule has 5 N–H and O–H groups in total. The lowest BCUT2D eigenvalue weighted by Crippen LogP contribution is -2.49. The number of aliphatic carboxylic acids is 1. The number of rotatable bonds is 10. The van der Waals surface area contributed by atoms with Crippen LogP contribution in [0.15, 0.2) is 53.5 Å². The summed E-state index contributed by atoms with van der Waals surface area (Å²) in [5.74, 6) is -1.76. The number of benzene rings is 2. The highest BCUT2D eigenvalue weighted by molar-refractivity contribution is 5.94. The predicted octanol–water partition coefficient (Wildman–Crippen LogP) is 1.95. The summed E-state index contributed by atoms with van der Waals surface area (Å²) in [5, 5.41) is 27.3. The zero-order valence-corrected chi connectivity index (χ0v) is 22.5. The van der Waals surface area contributed by atoms with Gasteiger partial charge >= 0.3 is 18.0 Å². The summed E-state index contributed by atoms with van der Waals surface area (Å²) in [6, 6.07) is 12.5. The first kappa shape index (κ1) is 29.2. The van der Waals surface area contributed by atoms with Gasteiger partial charge in [0, 0.05) is 57.1 Å². The van der Waals surface area contributed by atoms with Crippen molar-refractivity contribution in [2.75, 3.05) is 49.5 Å². The van der Waals surface area contributed by atoms with E-state index in [0.717, 1.165) is 36.8 Å². The summed E-state index contributed by atoms with van der Waals surface area (Å²) in [5.41, 5.74) is 2.60. The Kier molecular flexibility index (Phi) is 9.97. The summed E-state index contributed by atoms with van der Waals surface area (Å²) in [4.78, 5) is 55.9. The third-order valence-electron chi connectivity index (χ3n) is 6.81. The Hall–Kier alpha value is -4.81. The van der Waals surface area contributed by atoms with Gasteiger partial charge in [0.25, 0.3) is 0 Å². The van der Waals surface area contributed by atoms with E-state index >= 15 is 0 Å². The predicted molar refractivity (Wildman–Crippen MR) is 151 cm³/mol. The molecule has 1 fully saturated rings. The molecule has 2 aromatic carbocycles. The van der Waals surface area contributed by atoms with Crippen molar-refractivity contribution >= 4 is 41.3 Å². The first-order valence-corrected chi connectivity index (χ1v) is 13.4. The van der Waals surface area contributed by atoms with Crippen molar-refractivity contribution in [3.05, 3.63) is 59.7 Å². The number of nitrogens with zero attached hydrogens (tertiary/aromatic N) is 3. The van der Waals surface area contributed by atoms with Crippen LogP contribution in [0.5, 0.6) is 0 Å². The van der Waals surface area contributed by atoms with E-state index in [-0.39, 0.29) is 30.9 Å². The van der Waals surface area contributed by atoms with Gasteiger partial charge < -0.3 is 40.7 Å². The van der Waals surface area contributed by atoms with Crippen molar-refractivity contribution in [2.24, 2.45) is 4.99 Å². The number of carboxylic acids is 2. The van der Waals surface area contributed by atoms with Gasteiger partial charge in [-0.1, -0.05) is 18.2 Å². The van der Waals surface area contributed by atoms with Crippen LogP contribution in [-0.2, 0) is 20.9 Å². The van der Waals surface area contributed by atoms with Gasteiger partial charge in [0.05, 0.1) is 5.56 Å². The third-order valence-corrected chi connectivity index (χ3v) is 6.81. The SMILES string of the molecule is O=C(N[C@@H](CCC(=O)N1CCN(c2cccc(NC3=NCCCN3)c2)CC1)C(=O)O)OCc1ccc(C(=O)O)cc1. The van der Waals surface area contributed by atoms with Gasteiger partial charge in [-0.2, -0.15) is 0 Å². The number of ether oxygens (including phenoxy) is 1. The summed E-state index contributed by atoms with van der Waals surface area (Å²) in [7, 11) is 0. The molecular formula is C28H34N6O7. The molecule has 0 bridgehead atoms. The lowest BCUT2D eigenvalue weighted by Gasteiger charge is -2.36. The van der Waals surface area contributed by atoms with Crippen LogP contribution >= 0.6 is 0 Å². The van der Waals surface area contributed by atoms with Gasteiger partial charge in [-0.05, 0) is 48.7 Å². The molecule has 1 atom stereocenters. The van der Waals surface area contributed by atoms with Crippen LogP contribution in [0.1, 0.15) is 35.2 Å². The number of alkyl carbamates (subject to hydrolysis) is 1. The number of amides is 2. The monoisotopic (exact) mass is 566 g/mol. The van der Waals surface area contributed by atoms with Gasteiger partial charge in [-0.15, -0.1) is 0 Å². The second-order valence-corrected chi connectivity index (χ2v) is 9.71. The Morgan fingerprint density at radius 2 is 1.78 bits per heavy atom. The van der Waals surface area contributed by atoms with E-state index in [2.05, 4.69) is 25.8 Å². The molecule has 2 heterocycles. The van der Waals surface area contributed by atoms with Gasteiger partial charge in [0.15, 0.2) is 5.96 Å². The maximum absolute atomic E-state index is 12.8. The van der Waals surface area contributed by atoms with Crippen LogP contribution in [0.2, 0.25) is 0 Å². The molecule has 1 saturated heterocycles. The molecule has 0 unspecified atom stereocenters. The first-order chi connectivity index (χ1) is 19.8. The standard InChI is InChI=1S/C28H34N6O7/c35-24(10-9-23(26(38)39)32-28(40)41-18-19-5-7-20(8-6-19)25(36)37)34-15-13-33(14-16-34)22-4-1-3-21(17-22)31-27-29-11-2-12-30-27/h1,3-8,17,23H,2,9-16,18H2,(H,32,40)(H,36,37)(H,38,39)(H2,29,30,31)/t23-/m0/s1. The molecule has 13 heteroatoms. The van der Waals surface area contributed by atoms with Crippen LogP contribution in [-0.4, -0.2) is 90.3 Å². The van der Waals surface area contributed by atoms with Gasteiger partial charge in [0.2, 0.25) is 5.91 Å². The lowest BCUT2D eigenvalue weighted by molar-refractivity contribution is -0.140. The Morgan fingerprint density at radius 3 is 2.44 bits per heavy atom. The number of hydrogen-bond acceptors (Lipinski definition) is 9. The van der Waals surface area contributed by atoms with E-state index in [1.165, 1.54) is 24.3 Å². The Labute approximate surface area is 237 Å². The fourth-order valence-electron chi connectivity index (χ4n) is 4.51. The van der Waals surface area contributed by atoms with E-state index in [1.54, 1.807) is 4.90 Å². The highest BCUT2D eigenvalue weighted by atomic mass is 16.5. The zero-order chi connectivity index (χ0) is 29.2. The van der Waals surface area contributed by atoms with Crippen molar-refractivity contribution in [3.63, 3.8) is 0 Å². The molecule has 41 heavy (non-hydrogen) atoms. The van der Waals surface area contributed by atoms with Gasteiger partial charge in [0.1, 0.15) is 12.6 Å². The smallest absolute Gasteiger partial charge is 0.408 e. The number of anilines is 2. The number of carbonyl (C=O) groups is 4. The molecule has 218 valence electrons. The number of aliphatic imine (C=N–C) groups is 1. The van der Waals surface area contributed by atoms with Gasteiger partial charge in [-0.3, -0.25) is 9.79 Å². The molecule has 2 aromatic rings. The number of hydrogen-bond donors (Lipinski definition) is 5. The number of guanidine groups is 1. The van der Waals surface area contributed by atoms with E-state index in [9.17, 15) is 24.3 Å². The normalized spacial score (nSPS) is 15.7.